The first-order chi connectivity index (χ1) is 16.0. The van der Waals surface area contributed by atoms with Gasteiger partial charge in [0.05, 0.1) is 21.3 Å². The molecule has 170 valence electrons. The van der Waals surface area contributed by atoms with Crippen molar-refractivity contribution in [2.75, 3.05) is 32.8 Å². The van der Waals surface area contributed by atoms with Crippen LogP contribution in [0.2, 0.25) is 0 Å². The quantitative estimate of drug-likeness (QED) is 0.597. The van der Waals surface area contributed by atoms with Crippen molar-refractivity contribution < 1.29 is 23.8 Å². The number of hydrogen-bond donors (Lipinski definition) is 1. The smallest absolute Gasteiger partial charge is 0.258 e. The number of carbonyl (C=O) groups is 2. The zero-order chi connectivity index (χ0) is 23.4. The molecule has 3 aromatic rings. The molecule has 4 rings (SSSR count). The summed E-state index contributed by atoms with van der Waals surface area (Å²) in [5, 5.41) is 2.93. The third kappa shape index (κ3) is 4.77. The van der Waals surface area contributed by atoms with Gasteiger partial charge < -0.3 is 24.4 Å². The van der Waals surface area contributed by atoms with E-state index in [4.69, 9.17) is 14.2 Å². The monoisotopic (exact) mass is 446 g/mol. The molecule has 7 heteroatoms. The Morgan fingerprint density at radius 3 is 2.12 bits per heavy atom. The second-order valence-corrected chi connectivity index (χ2v) is 7.68. The van der Waals surface area contributed by atoms with Crippen molar-refractivity contribution in [3.8, 4) is 17.2 Å². The number of fused-ring (bicyclic) bond motifs is 1. The molecule has 0 radical (unpaired) electrons. The Kier molecular flexibility index (Phi) is 6.49. The normalized spacial score (nSPS) is 12.2. The van der Waals surface area contributed by atoms with Gasteiger partial charge in [0, 0.05) is 36.0 Å². The summed E-state index contributed by atoms with van der Waals surface area (Å²) in [6.45, 7) is 0.954. The molecule has 1 aliphatic heterocycles. The van der Waals surface area contributed by atoms with Gasteiger partial charge in [-0.15, -0.1) is 0 Å². The summed E-state index contributed by atoms with van der Waals surface area (Å²) in [7, 11) is 4.68. The Balaban J connectivity index is 1.48. The van der Waals surface area contributed by atoms with Crippen LogP contribution in [0.1, 0.15) is 31.8 Å². The Bertz CT molecular complexity index is 1150. The largest absolute Gasteiger partial charge is 0.497 e. The highest BCUT2D eigenvalue weighted by atomic mass is 16.5. The average molecular weight is 447 g/mol. The van der Waals surface area contributed by atoms with Gasteiger partial charge >= 0.3 is 0 Å². The summed E-state index contributed by atoms with van der Waals surface area (Å²) in [5.74, 6) is 1.51. The molecule has 0 saturated heterocycles. The van der Waals surface area contributed by atoms with E-state index in [1.807, 2.05) is 18.2 Å². The predicted octanol–water partition coefficient (Wildman–Crippen LogP) is 3.85. The van der Waals surface area contributed by atoms with Crippen LogP contribution < -0.4 is 24.4 Å². The van der Waals surface area contributed by atoms with E-state index >= 15 is 0 Å². The van der Waals surface area contributed by atoms with Gasteiger partial charge in [0.1, 0.15) is 17.2 Å². The van der Waals surface area contributed by atoms with E-state index in [1.165, 1.54) is 0 Å². The lowest BCUT2D eigenvalue weighted by atomic mass is 10.1. The lowest BCUT2D eigenvalue weighted by molar-refractivity contribution is 0.0948. The molecule has 7 nitrogen and oxygen atoms in total. The molecule has 1 aliphatic rings. The summed E-state index contributed by atoms with van der Waals surface area (Å²) < 4.78 is 15.7. The minimum atomic E-state index is -0.237. The fourth-order valence-corrected chi connectivity index (χ4v) is 3.86. The van der Waals surface area contributed by atoms with Crippen molar-refractivity contribution in [3.63, 3.8) is 0 Å². The standard InChI is InChI=1S/C26H26N2O5/c1-31-21-8-6-19(7-9-21)26(30)28-11-10-18-5-4-17(12-24(18)28)16-27-25(29)20-13-22(32-2)15-23(14-20)33-3/h4-9,12-15H,10-11,16H2,1-3H3,(H,27,29). The van der Waals surface area contributed by atoms with Crippen LogP contribution in [0.4, 0.5) is 5.69 Å². The van der Waals surface area contributed by atoms with E-state index in [-0.39, 0.29) is 11.8 Å². The van der Waals surface area contributed by atoms with Gasteiger partial charge in [0.15, 0.2) is 0 Å². The summed E-state index contributed by atoms with van der Waals surface area (Å²) in [4.78, 5) is 27.6. The number of nitrogens with zero attached hydrogens (tertiary/aromatic N) is 1. The molecule has 1 N–H and O–H groups in total. The summed E-state index contributed by atoms with van der Waals surface area (Å²) in [6.07, 6.45) is 0.799. The fraction of sp³-hybridized carbons (Fsp3) is 0.231. The first kappa shape index (κ1) is 22.2. The molecule has 0 unspecified atom stereocenters. The number of methoxy groups -OCH3 is 3. The molecule has 3 aromatic carbocycles. The van der Waals surface area contributed by atoms with Crippen molar-refractivity contribution in [1.82, 2.24) is 5.32 Å². The highest BCUT2D eigenvalue weighted by Gasteiger charge is 2.26. The molecule has 0 bridgehead atoms. The minimum Gasteiger partial charge on any atom is -0.497 e. The number of nitrogens with one attached hydrogen (secondary N) is 1. The van der Waals surface area contributed by atoms with Crippen LogP contribution >= 0.6 is 0 Å². The van der Waals surface area contributed by atoms with Crippen molar-refractivity contribution in [1.29, 1.82) is 0 Å². The molecule has 0 atom stereocenters. The molecule has 1 heterocycles. The fourth-order valence-electron chi connectivity index (χ4n) is 3.86. The van der Waals surface area contributed by atoms with Gasteiger partial charge in [-0.25, -0.2) is 0 Å². The van der Waals surface area contributed by atoms with Crippen molar-refractivity contribution in [3.05, 3.63) is 82.9 Å². The highest BCUT2D eigenvalue weighted by molar-refractivity contribution is 6.07. The molecule has 0 aromatic heterocycles. The van der Waals surface area contributed by atoms with E-state index < -0.39 is 0 Å². The second-order valence-electron chi connectivity index (χ2n) is 7.68. The van der Waals surface area contributed by atoms with Gasteiger partial charge in [0.2, 0.25) is 0 Å². The first-order valence-electron chi connectivity index (χ1n) is 10.6. The molecular weight excluding hydrogens is 420 g/mol. The molecule has 33 heavy (non-hydrogen) atoms. The van der Waals surface area contributed by atoms with E-state index in [1.54, 1.807) is 68.7 Å². The van der Waals surface area contributed by atoms with Crippen molar-refractivity contribution in [2.24, 2.45) is 0 Å². The number of benzene rings is 3. The third-order valence-electron chi connectivity index (χ3n) is 5.69. The van der Waals surface area contributed by atoms with Gasteiger partial charge in [-0.2, -0.15) is 0 Å². The lowest BCUT2D eigenvalue weighted by Crippen LogP contribution is -2.29. The van der Waals surface area contributed by atoms with E-state index in [2.05, 4.69) is 5.32 Å². The van der Waals surface area contributed by atoms with Gasteiger partial charge in [0.25, 0.3) is 11.8 Å². The van der Waals surface area contributed by atoms with E-state index in [0.29, 0.717) is 41.5 Å². The zero-order valence-electron chi connectivity index (χ0n) is 18.9. The number of anilines is 1. The lowest BCUT2D eigenvalue weighted by Gasteiger charge is -2.18. The van der Waals surface area contributed by atoms with Crippen LogP contribution in [0.5, 0.6) is 17.2 Å². The first-order valence-corrected chi connectivity index (χ1v) is 10.6. The predicted molar refractivity (Wildman–Crippen MR) is 126 cm³/mol. The van der Waals surface area contributed by atoms with E-state index in [9.17, 15) is 9.59 Å². The molecular formula is C26H26N2O5. The van der Waals surface area contributed by atoms with Crippen LogP contribution in [0.15, 0.2) is 60.7 Å². The Labute approximate surface area is 192 Å². The van der Waals surface area contributed by atoms with Crippen molar-refractivity contribution in [2.45, 2.75) is 13.0 Å². The average Bonchev–Trinajstić information content (AvgIpc) is 3.29. The van der Waals surface area contributed by atoms with Crippen LogP contribution in [0.25, 0.3) is 0 Å². The highest BCUT2D eigenvalue weighted by Crippen LogP contribution is 2.31. The molecule has 0 spiro atoms. The van der Waals surface area contributed by atoms with Gasteiger partial charge in [-0.3, -0.25) is 9.59 Å². The maximum absolute atomic E-state index is 13.1. The SMILES string of the molecule is COc1ccc(C(=O)N2CCc3ccc(CNC(=O)c4cc(OC)cc(OC)c4)cc32)cc1. The summed E-state index contributed by atoms with van der Waals surface area (Å²) >= 11 is 0. The van der Waals surface area contributed by atoms with Crippen molar-refractivity contribution >= 4 is 17.5 Å². The summed E-state index contributed by atoms with van der Waals surface area (Å²) in [6, 6.07) is 18.1. The maximum atomic E-state index is 13.1. The van der Waals surface area contributed by atoms with Crippen LogP contribution in [-0.4, -0.2) is 39.7 Å². The number of carbonyl (C=O) groups excluding carboxylic acids is 2. The molecule has 0 fully saturated rings. The molecule has 0 aliphatic carbocycles. The Morgan fingerprint density at radius 1 is 0.818 bits per heavy atom. The second kappa shape index (κ2) is 9.65. The molecule has 0 saturated carbocycles. The summed E-state index contributed by atoms with van der Waals surface area (Å²) in [5.41, 5.74) is 3.96. The van der Waals surface area contributed by atoms with Gasteiger partial charge in [-0.1, -0.05) is 12.1 Å². The topological polar surface area (TPSA) is 77.1 Å². The third-order valence-corrected chi connectivity index (χ3v) is 5.69. The number of amides is 2. The maximum Gasteiger partial charge on any atom is 0.258 e. The van der Waals surface area contributed by atoms with Crippen LogP contribution in [-0.2, 0) is 13.0 Å². The minimum absolute atomic E-state index is 0.0546. The zero-order valence-corrected chi connectivity index (χ0v) is 18.9. The number of hydrogen-bond acceptors (Lipinski definition) is 5. The Morgan fingerprint density at radius 2 is 1.48 bits per heavy atom. The molecule has 2 amide bonds. The van der Waals surface area contributed by atoms with Crippen LogP contribution in [0.3, 0.4) is 0 Å². The van der Waals surface area contributed by atoms with Gasteiger partial charge in [-0.05, 0) is 60.0 Å². The Hall–Kier alpha value is -4.00. The number of ether oxygens (including phenoxy) is 3. The van der Waals surface area contributed by atoms with Crippen LogP contribution in [0, 0.1) is 0 Å². The number of rotatable bonds is 7. The van der Waals surface area contributed by atoms with E-state index in [0.717, 1.165) is 23.2 Å².